The van der Waals surface area contributed by atoms with E-state index in [1.807, 2.05) is 12.1 Å². The summed E-state index contributed by atoms with van der Waals surface area (Å²) in [6.07, 6.45) is 0. The second-order valence-electron chi connectivity index (χ2n) is 3.82. The SMILES string of the molecule is CN1c2ccccc2Sc2c(N)cccc21. The third-order valence-corrected chi connectivity index (χ3v) is 4.04. The van der Waals surface area contributed by atoms with Crippen LogP contribution >= 0.6 is 11.8 Å². The number of hydrogen-bond donors (Lipinski definition) is 1. The van der Waals surface area contributed by atoms with E-state index in [2.05, 4.69) is 42.3 Å². The van der Waals surface area contributed by atoms with Crippen LogP contribution in [0.2, 0.25) is 0 Å². The van der Waals surface area contributed by atoms with Crippen LogP contribution in [-0.2, 0) is 0 Å². The van der Waals surface area contributed by atoms with Crippen LogP contribution in [0.5, 0.6) is 0 Å². The Morgan fingerprint density at radius 1 is 1.00 bits per heavy atom. The van der Waals surface area contributed by atoms with E-state index in [0.29, 0.717) is 0 Å². The van der Waals surface area contributed by atoms with Crippen LogP contribution in [0.4, 0.5) is 17.1 Å². The smallest absolute Gasteiger partial charge is 0.0589 e. The highest BCUT2D eigenvalue weighted by Gasteiger charge is 2.21. The average Bonchev–Trinajstić information content (AvgIpc) is 2.31. The number of benzene rings is 2. The third-order valence-electron chi connectivity index (χ3n) is 2.82. The highest BCUT2D eigenvalue weighted by Crippen LogP contribution is 2.49. The molecule has 0 unspecified atom stereocenters. The molecule has 2 aromatic rings. The molecule has 1 aliphatic heterocycles. The molecule has 0 spiro atoms. The Hall–Kier alpha value is -1.61. The molecule has 0 aliphatic carbocycles. The first kappa shape index (κ1) is 9.60. The fourth-order valence-electron chi connectivity index (χ4n) is 1.98. The number of hydrogen-bond acceptors (Lipinski definition) is 3. The van der Waals surface area contributed by atoms with Gasteiger partial charge in [-0.25, -0.2) is 0 Å². The topological polar surface area (TPSA) is 29.3 Å². The lowest BCUT2D eigenvalue weighted by Gasteiger charge is -2.29. The Morgan fingerprint density at radius 3 is 2.62 bits per heavy atom. The lowest BCUT2D eigenvalue weighted by Crippen LogP contribution is -2.15. The van der Waals surface area contributed by atoms with Gasteiger partial charge >= 0.3 is 0 Å². The first-order chi connectivity index (χ1) is 7.77. The summed E-state index contributed by atoms with van der Waals surface area (Å²) in [5.74, 6) is 0. The Kier molecular flexibility index (Phi) is 2.07. The average molecular weight is 228 g/mol. The lowest BCUT2D eigenvalue weighted by atomic mass is 10.2. The molecule has 0 saturated carbocycles. The van der Waals surface area contributed by atoms with Gasteiger partial charge in [0.1, 0.15) is 0 Å². The number of fused-ring (bicyclic) bond motifs is 2. The molecule has 1 heterocycles. The van der Waals surface area contributed by atoms with Crippen molar-refractivity contribution in [1.29, 1.82) is 0 Å². The molecule has 2 N–H and O–H groups in total. The van der Waals surface area contributed by atoms with Gasteiger partial charge in [-0.05, 0) is 24.3 Å². The zero-order chi connectivity index (χ0) is 11.1. The molecule has 0 atom stereocenters. The highest BCUT2D eigenvalue weighted by molar-refractivity contribution is 8.00. The summed E-state index contributed by atoms with van der Waals surface area (Å²) in [5, 5.41) is 0. The van der Waals surface area contributed by atoms with E-state index < -0.39 is 0 Å². The molecule has 2 nitrogen and oxygen atoms in total. The maximum atomic E-state index is 6.01. The largest absolute Gasteiger partial charge is 0.398 e. The van der Waals surface area contributed by atoms with Gasteiger partial charge in [-0.1, -0.05) is 30.0 Å². The van der Waals surface area contributed by atoms with Crippen LogP contribution in [0.1, 0.15) is 0 Å². The van der Waals surface area contributed by atoms with Crippen molar-refractivity contribution < 1.29 is 0 Å². The minimum Gasteiger partial charge on any atom is -0.398 e. The predicted octanol–water partition coefficient (Wildman–Crippen LogP) is 3.50. The van der Waals surface area contributed by atoms with Gasteiger partial charge in [0, 0.05) is 17.6 Å². The maximum absolute atomic E-state index is 6.01. The normalized spacial score (nSPS) is 13.2. The fourth-order valence-corrected chi connectivity index (χ4v) is 3.15. The van der Waals surface area contributed by atoms with E-state index in [-0.39, 0.29) is 0 Å². The number of rotatable bonds is 0. The second kappa shape index (κ2) is 3.46. The van der Waals surface area contributed by atoms with Gasteiger partial charge in [0.05, 0.1) is 16.3 Å². The molecule has 0 saturated heterocycles. The van der Waals surface area contributed by atoms with Gasteiger partial charge in [0.2, 0.25) is 0 Å². The quantitative estimate of drug-likeness (QED) is 0.700. The Bertz CT molecular complexity index is 551. The summed E-state index contributed by atoms with van der Waals surface area (Å²) in [6, 6.07) is 14.4. The molecule has 3 heteroatoms. The Morgan fingerprint density at radius 2 is 1.75 bits per heavy atom. The summed E-state index contributed by atoms with van der Waals surface area (Å²) in [4.78, 5) is 4.61. The monoisotopic (exact) mass is 228 g/mol. The number of para-hydroxylation sites is 1. The van der Waals surface area contributed by atoms with Crippen molar-refractivity contribution in [3.8, 4) is 0 Å². The van der Waals surface area contributed by atoms with Crippen LogP contribution in [0.3, 0.4) is 0 Å². The summed E-state index contributed by atoms with van der Waals surface area (Å²) in [7, 11) is 2.08. The molecule has 3 rings (SSSR count). The van der Waals surface area contributed by atoms with Gasteiger partial charge in [0.25, 0.3) is 0 Å². The van der Waals surface area contributed by atoms with E-state index in [4.69, 9.17) is 5.73 Å². The first-order valence-corrected chi connectivity index (χ1v) is 5.98. The van der Waals surface area contributed by atoms with Gasteiger partial charge in [-0.2, -0.15) is 0 Å². The summed E-state index contributed by atoms with van der Waals surface area (Å²) in [6.45, 7) is 0. The van der Waals surface area contributed by atoms with Gasteiger partial charge in [-0.3, -0.25) is 0 Å². The first-order valence-electron chi connectivity index (χ1n) is 5.16. The summed E-state index contributed by atoms with van der Waals surface area (Å²) >= 11 is 1.75. The molecule has 0 fully saturated rings. The van der Waals surface area contributed by atoms with Gasteiger partial charge < -0.3 is 10.6 Å². The summed E-state index contributed by atoms with van der Waals surface area (Å²) < 4.78 is 0. The number of nitrogens with zero attached hydrogens (tertiary/aromatic N) is 1. The zero-order valence-corrected chi connectivity index (χ0v) is 9.79. The fraction of sp³-hybridized carbons (Fsp3) is 0.0769. The van der Waals surface area contributed by atoms with E-state index in [9.17, 15) is 0 Å². The molecule has 0 amide bonds. The molecule has 0 radical (unpaired) electrons. The van der Waals surface area contributed by atoms with Crippen molar-refractivity contribution in [3.05, 3.63) is 42.5 Å². The van der Waals surface area contributed by atoms with E-state index in [1.54, 1.807) is 11.8 Å². The van der Waals surface area contributed by atoms with Gasteiger partial charge in [-0.15, -0.1) is 0 Å². The van der Waals surface area contributed by atoms with Crippen LogP contribution < -0.4 is 10.6 Å². The van der Waals surface area contributed by atoms with Gasteiger partial charge in [0.15, 0.2) is 0 Å². The van der Waals surface area contributed by atoms with Crippen LogP contribution in [0, 0.1) is 0 Å². The Labute approximate surface area is 99.1 Å². The van der Waals surface area contributed by atoms with E-state index >= 15 is 0 Å². The van der Waals surface area contributed by atoms with Crippen LogP contribution in [0.25, 0.3) is 0 Å². The van der Waals surface area contributed by atoms with Crippen molar-refractivity contribution in [3.63, 3.8) is 0 Å². The van der Waals surface area contributed by atoms with Crippen LogP contribution in [0.15, 0.2) is 52.3 Å². The molecular formula is C13H12N2S. The predicted molar refractivity (Wildman–Crippen MR) is 69.5 cm³/mol. The molecule has 0 bridgehead atoms. The number of nitrogens with two attached hydrogens (primary N) is 1. The highest BCUT2D eigenvalue weighted by atomic mass is 32.2. The zero-order valence-electron chi connectivity index (χ0n) is 8.97. The van der Waals surface area contributed by atoms with Crippen molar-refractivity contribution >= 4 is 28.8 Å². The maximum Gasteiger partial charge on any atom is 0.0589 e. The number of anilines is 3. The molecule has 1 aliphatic rings. The molecular weight excluding hydrogens is 216 g/mol. The minimum absolute atomic E-state index is 0.851. The van der Waals surface area contributed by atoms with Crippen LogP contribution in [-0.4, -0.2) is 7.05 Å². The number of nitrogen functional groups attached to an aromatic ring is 1. The second-order valence-corrected chi connectivity index (χ2v) is 4.88. The van der Waals surface area contributed by atoms with Crippen molar-refractivity contribution in [1.82, 2.24) is 0 Å². The van der Waals surface area contributed by atoms with Crippen molar-refractivity contribution in [2.24, 2.45) is 0 Å². The van der Waals surface area contributed by atoms with E-state index in [1.165, 1.54) is 16.3 Å². The molecule has 2 aromatic carbocycles. The lowest BCUT2D eigenvalue weighted by molar-refractivity contribution is 1.11. The molecule has 16 heavy (non-hydrogen) atoms. The minimum atomic E-state index is 0.851. The third kappa shape index (κ3) is 1.28. The molecule has 80 valence electrons. The Balaban J connectivity index is 2.22. The van der Waals surface area contributed by atoms with Crippen molar-refractivity contribution in [2.75, 3.05) is 17.7 Å². The van der Waals surface area contributed by atoms with E-state index in [0.717, 1.165) is 10.6 Å². The molecule has 0 aromatic heterocycles. The summed E-state index contributed by atoms with van der Waals surface area (Å²) in [5.41, 5.74) is 9.29. The van der Waals surface area contributed by atoms with Crippen molar-refractivity contribution in [2.45, 2.75) is 9.79 Å². The standard InChI is InChI=1S/C13H12N2S/c1-15-10-6-2-3-8-12(10)16-13-9(14)5-4-7-11(13)15/h2-8H,14H2,1H3.